The quantitative estimate of drug-likeness (QED) is 0.194. The number of nitrogens with zero attached hydrogens (tertiary/aromatic N) is 1. The molecular formula is C47H50N2. The van der Waals surface area contributed by atoms with Crippen LogP contribution in [-0.4, -0.2) is 11.4 Å². The van der Waals surface area contributed by atoms with Crippen LogP contribution in [0, 0.1) is 13.8 Å². The van der Waals surface area contributed by atoms with Crippen molar-refractivity contribution in [2.24, 2.45) is 4.99 Å². The van der Waals surface area contributed by atoms with Gasteiger partial charge in [0.1, 0.15) is 5.84 Å². The van der Waals surface area contributed by atoms with Crippen molar-refractivity contribution in [2.75, 3.05) is 5.32 Å². The molecule has 0 spiro atoms. The summed E-state index contributed by atoms with van der Waals surface area (Å²) in [6, 6.07) is 38.7. The summed E-state index contributed by atoms with van der Waals surface area (Å²) in [6.07, 6.45) is 4.54. The standard InChI is InChI=1S/C47H50N2/c1-30-25-34(26-31(2)42(30)48-43-40-13-11-12-14-41(40)46(9)23-24-47(46,10)49-43)37-28-35(32-15-19-38(20-16-32)44(3,4)5)27-36(29-37)33-17-21-39(22-18-33)45(6,7)8/h11-29H,1-10H3,(H,48,49). The number of amidine groups is 1. The topological polar surface area (TPSA) is 24.4 Å². The van der Waals surface area contributed by atoms with Crippen molar-refractivity contribution in [2.45, 2.75) is 91.0 Å². The minimum atomic E-state index is -0.252. The van der Waals surface area contributed by atoms with Crippen molar-refractivity contribution in [1.82, 2.24) is 0 Å². The Balaban J connectivity index is 1.30. The van der Waals surface area contributed by atoms with Crippen molar-refractivity contribution in [3.63, 3.8) is 0 Å². The van der Waals surface area contributed by atoms with E-state index < -0.39 is 0 Å². The van der Waals surface area contributed by atoms with E-state index >= 15 is 0 Å². The van der Waals surface area contributed by atoms with Crippen molar-refractivity contribution >= 4 is 11.5 Å². The third-order valence-corrected chi connectivity index (χ3v) is 11.1. The molecule has 2 aliphatic rings. The summed E-state index contributed by atoms with van der Waals surface area (Å²) in [5, 5.41) is 3.80. The number of anilines is 1. The van der Waals surface area contributed by atoms with Gasteiger partial charge in [-0.15, -0.1) is 0 Å². The van der Waals surface area contributed by atoms with Gasteiger partial charge in [0.25, 0.3) is 0 Å². The molecule has 0 bridgehead atoms. The normalized spacial score (nSPS) is 19.8. The summed E-state index contributed by atoms with van der Waals surface area (Å²) in [5.41, 5.74) is 16.0. The molecule has 5 aromatic carbocycles. The second-order valence-electron chi connectivity index (χ2n) is 16.8. The predicted octanol–water partition coefficient (Wildman–Crippen LogP) is 12.4. The Labute approximate surface area is 294 Å². The highest BCUT2D eigenvalue weighted by atomic mass is 15.1. The molecule has 1 aliphatic heterocycles. The molecule has 7 rings (SSSR count). The molecule has 2 unspecified atom stereocenters. The smallest absolute Gasteiger partial charge is 0.133 e. The van der Waals surface area contributed by atoms with Gasteiger partial charge in [-0.25, -0.2) is 0 Å². The molecular weight excluding hydrogens is 593 g/mol. The number of fused-ring (bicyclic) bond motifs is 3. The van der Waals surface area contributed by atoms with E-state index in [9.17, 15) is 0 Å². The maximum atomic E-state index is 5.30. The molecule has 1 aliphatic carbocycles. The highest BCUT2D eigenvalue weighted by Crippen LogP contribution is 2.51. The average molecular weight is 643 g/mol. The van der Waals surface area contributed by atoms with Crippen LogP contribution >= 0.6 is 0 Å². The van der Waals surface area contributed by atoms with Crippen molar-refractivity contribution in [3.05, 3.63) is 149 Å². The van der Waals surface area contributed by atoms with E-state index in [4.69, 9.17) is 4.99 Å². The lowest BCUT2D eigenvalue weighted by Gasteiger charge is -2.51. The molecule has 0 saturated heterocycles. The molecule has 0 fully saturated rings. The van der Waals surface area contributed by atoms with E-state index in [0.717, 1.165) is 11.5 Å². The summed E-state index contributed by atoms with van der Waals surface area (Å²) in [7, 11) is 0. The summed E-state index contributed by atoms with van der Waals surface area (Å²) in [5.74, 6) is 0.945. The van der Waals surface area contributed by atoms with Crippen molar-refractivity contribution < 1.29 is 0 Å². The number of nitrogens with one attached hydrogen (secondary N) is 1. The molecule has 49 heavy (non-hydrogen) atoms. The van der Waals surface area contributed by atoms with E-state index in [1.807, 2.05) is 0 Å². The maximum Gasteiger partial charge on any atom is 0.133 e. The highest BCUT2D eigenvalue weighted by Gasteiger charge is 2.52. The van der Waals surface area contributed by atoms with Gasteiger partial charge >= 0.3 is 0 Å². The first-order valence-electron chi connectivity index (χ1n) is 17.7. The largest absolute Gasteiger partial charge is 0.340 e. The Bertz CT molecular complexity index is 2030. The van der Waals surface area contributed by atoms with Gasteiger partial charge in [0.05, 0.1) is 5.54 Å². The molecule has 2 nitrogen and oxygen atoms in total. The summed E-state index contributed by atoms with van der Waals surface area (Å²) >= 11 is 0. The summed E-state index contributed by atoms with van der Waals surface area (Å²) in [4.78, 5) is 5.30. The van der Waals surface area contributed by atoms with Crippen LogP contribution in [0.4, 0.5) is 5.69 Å². The van der Waals surface area contributed by atoms with Crippen LogP contribution in [0.1, 0.15) is 88.8 Å². The van der Waals surface area contributed by atoms with E-state index in [1.54, 1.807) is 0 Å². The highest BCUT2D eigenvalue weighted by molar-refractivity contribution is 6.11. The van der Waals surface area contributed by atoms with E-state index in [0.29, 0.717) is 0 Å². The van der Waals surface area contributed by atoms with Gasteiger partial charge in [-0.1, -0.05) is 126 Å². The Morgan fingerprint density at radius 2 is 0.980 bits per heavy atom. The first-order chi connectivity index (χ1) is 23.1. The van der Waals surface area contributed by atoms with Crippen LogP contribution < -0.4 is 5.32 Å². The number of aliphatic imine (C=N–C) groups is 1. The number of hydrogen-bond acceptors (Lipinski definition) is 2. The molecule has 2 atom stereocenters. The lowest BCUT2D eigenvalue weighted by Crippen LogP contribution is -2.54. The fourth-order valence-electron chi connectivity index (χ4n) is 7.52. The van der Waals surface area contributed by atoms with E-state index in [2.05, 4.69) is 190 Å². The van der Waals surface area contributed by atoms with Gasteiger partial charge in [0.2, 0.25) is 0 Å². The Morgan fingerprint density at radius 1 is 0.531 bits per heavy atom. The third kappa shape index (κ3) is 5.76. The average Bonchev–Trinajstić information content (AvgIpc) is 3.07. The molecule has 2 heteroatoms. The zero-order valence-corrected chi connectivity index (χ0v) is 30.9. The first-order valence-corrected chi connectivity index (χ1v) is 17.7. The second-order valence-corrected chi connectivity index (χ2v) is 16.8. The Hall–Kier alpha value is -4.69. The number of aryl methyl sites for hydroxylation is 2. The molecule has 5 aromatic rings. The fraction of sp³-hybridized carbons (Fsp3) is 0.298. The maximum absolute atomic E-state index is 5.30. The molecule has 248 valence electrons. The Morgan fingerprint density at radius 3 is 1.43 bits per heavy atom. The van der Waals surface area contributed by atoms with Gasteiger partial charge in [-0.2, -0.15) is 0 Å². The lowest BCUT2D eigenvalue weighted by atomic mass is 9.57. The molecule has 0 aromatic heterocycles. The van der Waals surface area contributed by atoms with E-state index in [1.165, 1.54) is 66.8 Å². The van der Waals surface area contributed by atoms with Gasteiger partial charge < -0.3 is 5.32 Å². The van der Waals surface area contributed by atoms with Crippen LogP contribution in [0.5, 0.6) is 0 Å². The minimum absolute atomic E-state index is 0.0778. The first kappa shape index (κ1) is 32.8. The monoisotopic (exact) mass is 642 g/mol. The van der Waals surface area contributed by atoms with Crippen molar-refractivity contribution in [1.29, 1.82) is 0 Å². The fourth-order valence-corrected chi connectivity index (χ4v) is 7.52. The summed E-state index contributed by atoms with van der Waals surface area (Å²) < 4.78 is 0. The number of hydrogen-bond donors (Lipinski definition) is 1. The minimum Gasteiger partial charge on any atom is -0.340 e. The molecule has 1 N–H and O–H groups in total. The molecule has 1 heterocycles. The third-order valence-electron chi connectivity index (χ3n) is 11.1. The number of benzene rings is 5. The van der Waals surface area contributed by atoms with Crippen LogP contribution in [0.15, 0.2) is 120 Å². The van der Waals surface area contributed by atoms with Gasteiger partial charge in [-0.3, -0.25) is 4.99 Å². The number of rotatable bonds is 4. The van der Waals surface area contributed by atoms with Crippen LogP contribution in [-0.2, 0) is 16.2 Å². The molecule has 0 saturated carbocycles. The van der Waals surface area contributed by atoms with Gasteiger partial charge in [-0.05, 0) is 130 Å². The lowest BCUT2D eigenvalue weighted by molar-refractivity contribution is 0.338. The van der Waals surface area contributed by atoms with Gasteiger partial charge in [0, 0.05) is 16.7 Å². The van der Waals surface area contributed by atoms with Crippen LogP contribution in [0.2, 0.25) is 0 Å². The Kier molecular flexibility index (Phi) is 7.67. The zero-order valence-electron chi connectivity index (χ0n) is 30.9. The molecule has 0 radical (unpaired) electrons. The van der Waals surface area contributed by atoms with E-state index in [-0.39, 0.29) is 21.8 Å². The predicted molar refractivity (Wildman–Crippen MR) is 211 cm³/mol. The van der Waals surface area contributed by atoms with Crippen LogP contribution in [0.25, 0.3) is 33.4 Å². The van der Waals surface area contributed by atoms with Crippen LogP contribution in [0.3, 0.4) is 0 Å². The SMILES string of the molecule is Cc1cc(-c2cc(-c3ccc(C(C)(C)C)cc3)cc(-c3ccc(C(C)(C)C)cc3)c2)cc(C)c1NC1=NC2(C)C=CC2(C)c2ccccc21. The van der Waals surface area contributed by atoms with Crippen molar-refractivity contribution in [3.8, 4) is 33.4 Å². The second kappa shape index (κ2) is 11.4. The molecule has 0 amide bonds. The zero-order chi connectivity index (χ0) is 34.9. The van der Waals surface area contributed by atoms with Gasteiger partial charge in [0.15, 0.2) is 0 Å². The summed E-state index contributed by atoms with van der Waals surface area (Å²) in [6.45, 7) is 22.6.